The summed E-state index contributed by atoms with van der Waals surface area (Å²) in [7, 11) is 1.84. The van der Waals surface area contributed by atoms with Crippen molar-refractivity contribution >= 4 is 4.22 Å². The van der Waals surface area contributed by atoms with Crippen molar-refractivity contribution in [1.29, 1.82) is 0 Å². The standard InChI is InChI=1S/C5H11IN/c1-3-4-6-5-7-2/h5H,3-4H2,1-2H3/q-1. The average molecular weight is 212 g/mol. The molecule has 0 aliphatic carbocycles. The van der Waals surface area contributed by atoms with Crippen LogP contribution in [0, 0.1) is 0 Å². The van der Waals surface area contributed by atoms with Gasteiger partial charge in [-0.2, -0.15) is 0 Å². The Morgan fingerprint density at radius 3 is 2.86 bits per heavy atom. The van der Waals surface area contributed by atoms with Crippen LogP contribution < -0.4 is 21.2 Å². The van der Waals surface area contributed by atoms with Gasteiger partial charge in [-0.25, -0.2) is 0 Å². The van der Waals surface area contributed by atoms with Crippen LogP contribution >= 0.6 is 0 Å². The van der Waals surface area contributed by atoms with Crippen LogP contribution in [0.3, 0.4) is 0 Å². The summed E-state index contributed by atoms with van der Waals surface area (Å²) in [6, 6.07) is 0. The Morgan fingerprint density at radius 2 is 2.43 bits per heavy atom. The quantitative estimate of drug-likeness (QED) is 0.225. The maximum atomic E-state index is 3.90. The van der Waals surface area contributed by atoms with E-state index in [9.17, 15) is 0 Å². The fourth-order valence-electron chi connectivity index (χ4n) is 0.227. The molecule has 0 radical (unpaired) electrons. The first kappa shape index (κ1) is 7.40. The zero-order valence-electron chi connectivity index (χ0n) is 4.82. The van der Waals surface area contributed by atoms with E-state index in [1.807, 2.05) is 7.05 Å². The molecule has 44 valence electrons. The van der Waals surface area contributed by atoms with E-state index in [0.717, 1.165) is 0 Å². The van der Waals surface area contributed by atoms with Crippen LogP contribution in [-0.4, -0.2) is 15.7 Å². The summed E-state index contributed by atoms with van der Waals surface area (Å²) in [5.41, 5.74) is 0. The van der Waals surface area contributed by atoms with Gasteiger partial charge in [-0.05, 0) is 0 Å². The first-order chi connectivity index (χ1) is 3.41. The zero-order chi connectivity index (χ0) is 5.54. The molecule has 0 aromatic heterocycles. The van der Waals surface area contributed by atoms with Gasteiger partial charge in [-0.3, -0.25) is 0 Å². The van der Waals surface area contributed by atoms with Crippen molar-refractivity contribution in [1.82, 2.24) is 0 Å². The maximum absolute atomic E-state index is 3.90. The molecule has 2 heteroatoms. The van der Waals surface area contributed by atoms with Crippen LogP contribution in [0.2, 0.25) is 0 Å². The van der Waals surface area contributed by atoms with E-state index >= 15 is 0 Å². The molecule has 0 bridgehead atoms. The monoisotopic (exact) mass is 212 g/mol. The molecule has 0 fully saturated rings. The Bertz CT molecular complexity index is 52.0. The van der Waals surface area contributed by atoms with Gasteiger partial charge >= 0.3 is 55.2 Å². The summed E-state index contributed by atoms with van der Waals surface area (Å²) in [6.45, 7) is 2.21. The second kappa shape index (κ2) is 6.40. The van der Waals surface area contributed by atoms with Crippen LogP contribution in [0.15, 0.2) is 4.99 Å². The predicted molar refractivity (Wildman–Crippen MR) is 29.6 cm³/mol. The number of halogens is 1. The predicted octanol–water partition coefficient (Wildman–Crippen LogP) is -1.86. The Morgan fingerprint density at radius 1 is 1.71 bits per heavy atom. The van der Waals surface area contributed by atoms with Crippen molar-refractivity contribution in [3.8, 4) is 0 Å². The van der Waals surface area contributed by atoms with Gasteiger partial charge in [0.05, 0.1) is 0 Å². The van der Waals surface area contributed by atoms with Crippen molar-refractivity contribution in [2.75, 3.05) is 11.5 Å². The van der Waals surface area contributed by atoms with E-state index in [4.69, 9.17) is 0 Å². The second-order valence-electron chi connectivity index (χ2n) is 1.20. The molecule has 0 saturated heterocycles. The van der Waals surface area contributed by atoms with Crippen molar-refractivity contribution in [2.24, 2.45) is 4.99 Å². The van der Waals surface area contributed by atoms with E-state index in [1.54, 1.807) is 0 Å². The van der Waals surface area contributed by atoms with E-state index in [0.29, 0.717) is 21.2 Å². The van der Waals surface area contributed by atoms with Crippen molar-refractivity contribution in [3.05, 3.63) is 0 Å². The fourth-order valence-corrected chi connectivity index (χ4v) is 1.52. The minimum absolute atomic E-state index is 0.333. The average Bonchev–Trinajstić information content (AvgIpc) is 1.69. The molecule has 0 rings (SSSR count). The third kappa shape index (κ3) is 6.40. The summed E-state index contributed by atoms with van der Waals surface area (Å²) >= 11 is 0.333. The molecule has 0 aliphatic rings. The third-order valence-electron chi connectivity index (χ3n) is 0.465. The number of rotatable bonds is 3. The number of aliphatic imine (C=N–C) groups is 1. The Kier molecular flexibility index (Phi) is 6.77. The molecule has 1 nitrogen and oxygen atoms in total. The first-order valence-corrected chi connectivity index (χ1v) is 5.17. The zero-order valence-corrected chi connectivity index (χ0v) is 6.97. The van der Waals surface area contributed by atoms with Crippen molar-refractivity contribution < 1.29 is 21.2 Å². The Balaban J connectivity index is 2.69. The third-order valence-corrected chi connectivity index (χ3v) is 3.12. The number of hydrogen-bond donors (Lipinski definition) is 0. The number of alkyl halides is 1. The molecule has 0 aromatic rings. The molecule has 0 heterocycles. The SMILES string of the molecule is CCC[I-]C=NC. The molecule has 0 spiro atoms. The Hall–Kier alpha value is 0.400. The minimum atomic E-state index is 0.333. The second-order valence-corrected chi connectivity index (χ2v) is 3.72. The van der Waals surface area contributed by atoms with E-state index in [-0.39, 0.29) is 0 Å². The van der Waals surface area contributed by atoms with E-state index < -0.39 is 0 Å². The van der Waals surface area contributed by atoms with Gasteiger partial charge in [0, 0.05) is 0 Å². The van der Waals surface area contributed by atoms with Gasteiger partial charge in [-0.15, -0.1) is 0 Å². The summed E-state index contributed by atoms with van der Waals surface area (Å²) in [4.78, 5) is 3.90. The van der Waals surface area contributed by atoms with Gasteiger partial charge in [0.2, 0.25) is 0 Å². The Labute approximate surface area is 55.5 Å². The van der Waals surface area contributed by atoms with Gasteiger partial charge in [0.15, 0.2) is 0 Å². The summed E-state index contributed by atoms with van der Waals surface area (Å²) in [5.74, 6) is 0. The normalized spacial score (nSPS) is 11.1. The van der Waals surface area contributed by atoms with E-state index in [2.05, 4.69) is 16.1 Å². The van der Waals surface area contributed by atoms with Crippen LogP contribution in [0.25, 0.3) is 0 Å². The van der Waals surface area contributed by atoms with Gasteiger partial charge in [-0.1, -0.05) is 0 Å². The molecule has 0 amide bonds. The number of nitrogens with zero attached hydrogens (tertiary/aromatic N) is 1. The first-order valence-electron chi connectivity index (χ1n) is 2.40. The van der Waals surface area contributed by atoms with Gasteiger partial charge < -0.3 is 0 Å². The number of hydrogen-bond acceptors (Lipinski definition) is 1. The van der Waals surface area contributed by atoms with Crippen LogP contribution in [0.1, 0.15) is 13.3 Å². The fraction of sp³-hybridized carbons (Fsp3) is 0.800. The van der Waals surface area contributed by atoms with E-state index in [1.165, 1.54) is 10.8 Å². The molecular weight excluding hydrogens is 201 g/mol. The molecule has 0 saturated carbocycles. The topological polar surface area (TPSA) is 12.4 Å². The molecule has 0 atom stereocenters. The molecular formula is C5H11IN-. The van der Waals surface area contributed by atoms with Crippen LogP contribution in [0.4, 0.5) is 0 Å². The van der Waals surface area contributed by atoms with Gasteiger partial charge in [0.25, 0.3) is 0 Å². The van der Waals surface area contributed by atoms with Gasteiger partial charge in [0.1, 0.15) is 0 Å². The molecule has 7 heavy (non-hydrogen) atoms. The molecule has 0 unspecified atom stereocenters. The molecule has 0 N–H and O–H groups in total. The summed E-state index contributed by atoms with van der Waals surface area (Å²) in [5, 5.41) is 0. The van der Waals surface area contributed by atoms with Crippen molar-refractivity contribution in [3.63, 3.8) is 0 Å². The summed E-state index contributed by atoms with van der Waals surface area (Å²) < 4.78 is 3.46. The van der Waals surface area contributed by atoms with Crippen LogP contribution in [-0.2, 0) is 0 Å². The van der Waals surface area contributed by atoms with Crippen molar-refractivity contribution in [2.45, 2.75) is 13.3 Å². The summed E-state index contributed by atoms with van der Waals surface area (Å²) in [6.07, 6.45) is 1.32. The van der Waals surface area contributed by atoms with Crippen LogP contribution in [0.5, 0.6) is 0 Å². The molecule has 0 aromatic carbocycles. The molecule has 0 aliphatic heterocycles.